The Morgan fingerprint density at radius 1 is 1.11 bits per heavy atom. The van der Waals surface area contributed by atoms with Gasteiger partial charge in [0.2, 0.25) is 0 Å². The van der Waals surface area contributed by atoms with Crippen LogP contribution in [0.5, 0.6) is 0 Å². The molecule has 0 spiro atoms. The van der Waals surface area contributed by atoms with Gasteiger partial charge in [-0.1, -0.05) is 45.9 Å². The monoisotopic (exact) mass is 444 g/mol. The smallest absolute Gasteiger partial charge is 0.272 e. The number of benzene rings is 2. The molecule has 0 unspecified atom stereocenters. The molecule has 3 rings (SSSR count). The topological polar surface area (TPSA) is 58.1 Å². The summed E-state index contributed by atoms with van der Waals surface area (Å²) in [6.07, 6.45) is 0.883. The van der Waals surface area contributed by atoms with Gasteiger partial charge >= 0.3 is 0 Å². The van der Waals surface area contributed by atoms with Gasteiger partial charge in [0.1, 0.15) is 5.03 Å². The Labute approximate surface area is 171 Å². The van der Waals surface area contributed by atoms with E-state index in [9.17, 15) is 4.79 Å². The van der Waals surface area contributed by atoms with Gasteiger partial charge in [0, 0.05) is 15.9 Å². The van der Waals surface area contributed by atoms with Crippen LogP contribution in [-0.4, -0.2) is 48.0 Å². The minimum atomic E-state index is -0.190. The first-order chi connectivity index (χ1) is 13.0. The second kappa shape index (κ2) is 9.30. The van der Waals surface area contributed by atoms with Crippen molar-refractivity contribution in [1.29, 1.82) is 0 Å². The maximum absolute atomic E-state index is 12.8. The highest BCUT2D eigenvalue weighted by Crippen LogP contribution is 2.31. The minimum absolute atomic E-state index is 0.190. The van der Waals surface area contributed by atoms with Crippen LogP contribution in [0.25, 0.3) is 11.0 Å². The fraction of sp³-hybridized carbons (Fsp3) is 0.250. The van der Waals surface area contributed by atoms with Crippen LogP contribution in [0.4, 0.5) is 0 Å². The zero-order chi connectivity index (χ0) is 19.2. The van der Waals surface area contributed by atoms with E-state index in [1.54, 1.807) is 0 Å². The van der Waals surface area contributed by atoms with Crippen LogP contribution >= 0.6 is 27.7 Å². The van der Waals surface area contributed by atoms with Crippen molar-refractivity contribution < 1.29 is 4.79 Å². The van der Waals surface area contributed by atoms with Gasteiger partial charge in [-0.05, 0) is 57.4 Å². The van der Waals surface area contributed by atoms with Gasteiger partial charge in [-0.2, -0.15) is 0 Å². The Morgan fingerprint density at radius 3 is 2.56 bits per heavy atom. The maximum Gasteiger partial charge on any atom is 0.272 e. The van der Waals surface area contributed by atoms with Gasteiger partial charge in [0.25, 0.3) is 5.91 Å². The Bertz CT molecular complexity index is 948. The molecule has 0 aliphatic carbocycles. The average Bonchev–Trinajstić information content (AvgIpc) is 2.64. The second-order valence-electron chi connectivity index (χ2n) is 6.34. The molecular formula is C20H21BrN4OS. The lowest BCUT2D eigenvalue weighted by Gasteiger charge is -2.12. The molecule has 1 amide bonds. The molecule has 3 aromatic rings. The summed E-state index contributed by atoms with van der Waals surface area (Å²) >= 11 is 4.93. The third-order valence-corrected chi connectivity index (χ3v) is 5.29. The standard InChI is InChI=1S/C20H21BrN4OS/c1-25(2)12-6-11-22-19(26)18-20(27-15-8-5-7-14(21)13-15)24-17-10-4-3-9-16(17)23-18/h3-5,7-10,13H,6,11-12H2,1-2H3,(H,22,26). The van der Waals surface area contributed by atoms with Crippen molar-refractivity contribution in [2.45, 2.75) is 16.3 Å². The van der Waals surface area contributed by atoms with Crippen LogP contribution in [0.3, 0.4) is 0 Å². The van der Waals surface area contributed by atoms with E-state index in [1.165, 1.54) is 11.8 Å². The van der Waals surface area contributed by atoms with Crippen molar-refractivity contribution in [3.05, 3.63) is 58.7 Å². The third-order valence-electron chi connectivity index (χ3n) is 3.83. The number of nitrogens with zero attached hydrogens (tertiary/aromatic N) is 3. The molecule has 0 atom stereocenters. The number of carbonyl (C=O) groups excluding carboxylic acids is 1. The average molecular weight is 445 g/mol. The van der Waals surface area contributed by atoms with E-state index < -0.39 is 0 Å². The van der Waals surface area contributed by atoms with Crippen molar-refractivity contribution in [1.82, 2.24) is 20.2 Å². The number of nitrogens with one attached hydrogen (secondary N) is 1. The third kappa shape index (κ3) is 5.51. The maximum atomic E-state index is 12.8. The van der Waals surface area contributed by atoms with Crippen LogP contribution in [-0.2, 0) is 0 Å². The molecule has 7 heteroatoms. The molecule has 1 N–H and O–H groups in total. The van der Waals surface area contributed by atoms with Crippen molar-refractivity contribution in [2.24, 2.45) is 0 Å². The van der Waals surface area contributed by atoms with Gasteiger partial charge in [-0.3, -0.25) is 4.79 Å². The van der Waals surface area contributed by atoms with Crippen molar-refractivity contribution in [2.75, 3.05) is 27.2 Å². The second-order valence-corrected chi connectivity index (χ2v) is 8.32. The number of hydrogen-bond acceptors (Lipinski definition) is 5. The van der Waals surface area contributed by atoms with E-state index >= 15 is 0 Å². The lowest BCUT2D eigenvalue weighted by molar-refractivity contribution is 0.0943. The Hall–Kier alpha value is -1.96. The van der Waals surface area contributed by atoms with Crippen molar-refractivity contribution in [3.8, 4) is 0 Å². The first kappa shape index (κ1) is 19.8. The lowest BCUT2D eigenvalue weighted by atomic mass is 10.3. The molecule has 140 valence electrons. The number of fused-ring (bicyclic) bond motifs is 1. The van der Waals surface area contributed by atoms with Gasteiger partial charge in [0.15, 0.2) is 5.69 Å². The largest absolute Gasteiger partial charge is 0.351 e. The SMILES string of the molecule is CN(C)CCCNC(=O)c1nc2ccccc2nc1Sc1cccc(Br)c1. The number of halogens is 1. The zero-order valence-electron chi connectivity index (χ0n) is 15.3. The molecule has 1 aromatic heterocycles. The molecule has 0 fully saturated rings. The molecule has 0 aliphatic rings. The van der Waals surface area contributed by atoms with E-state index in [0.717, 1.165) is 33.4 Å². The highest BCUT2D eigenvalue weighted by atomic mass is 79.9. The Morgan fingerprint density at radius 2 is 1.85 bits per heavy atom. The highest BCUT2D eigenvalue weighted by Gasteiger charge is 2.17. The van der Waals surface area contributed by atoms with Gasteiger partial charge in [-0.15, -0.1) is 0 Å². The number of aromatic nitrogens is 2. The van der Waals surface area contributed by atoms with Crippen LogP contribution in [0, 0.1) is 0 Å². The summed E-state index contributed by atoms with van der Waals surface area (Å²) < 4.78 is 0.982. The minimum Gasteiger partial charge on any atom is -0.351 e. The fourth-order valence-corrected chi connectivity index (χ4v) is 4.01. The predicted octanol–water partition coefficient (Wildman–Crippen LogP) is 4.23. The molecule has 0 bridgehead atoms. The summed E-state index contributed by atoms with van der Waals surface area (Å²) in [6.45, 7) is 1.52. The van der Waals surface area contributed by atoms with Crippen molar-refractivity contribution in [3.63, 3.8) is 0 Å². The summed E-state index contributed by atoms with van der Waals surface area (Å²) in [7, 11) is 4.03. The summed E-state index contributed by atoms with van der Waals surface area (Å²) in [5, 5.41) is 3.57. The molecular weight excluding hydrogens is 424 g/mol. The Kier molecular flexibility index (Phi) is 6.82. The number of rotatable bonds is 7. The van der Waals surface area contributed by atoms with E-state index in [2.05, 4.69) is 31.1 Å². The molecule has 0 saturated heterocycles. The number of hydrogen-bond donors (Lipinski definition) is 1. The molecule has 2 aromatic carbocycles. The summed E-state index contributed by atoms with van der Waals surface area (Å²) in [5.41, 5.74) is 1.86. The predicted molar refractivity (Wildman–Crippen MR) is 113 cm³/mol. The molecule has 5 nitrogen and oxygen atoms in total. The molecule has 0 saturated carbocycles. The van der Waals surface area contributed by atoms with Gasteiger partial charge < -0.3 is 10.2 Å². The van der Waals surface area contributed by atoms with Crippen LogP contribution < -0.4 is 5.32 Å². The quantitative estimate of drug-likeness (QED) is 0.552. The molecule has 27 heavy (non-hydrogen) atoms. The van der Waals surface area contributed by atoms with E-state index in [-0.39, 0.29) is 5.91 Å². The summed E-state index contributed by atoms with van der Waals surface area (Å²) in [4.78, 5) is 25.1. The van der Waals surface area contributed by atoms with E-state index in [1.807, 2.05) is 62.6 Å². The Balaban J connectivity index is 1.88. The van der Waals surface area contributed by atoms with Crippen LogP contribution in [0.2, 0.25) is 0 Å². The molecule has 1 heterocycles. The fourth-order valence-electron chi connectivity index (χ4n) is 2.53. The van der Waals surface area contributed by atoms with E-state index in [4.69, 9.17) is 4.98 Å². The van der Waals surface area contributed by atoms with Gasteiger partial charge in [-0.25, -0.2) is 9.97 Å². The normalized spacial score (nSPS) is 11.1. The first-order valence-corrected chi connectivity index (χ1v) is 10.3. The van der Waals surface area contributed by atoms with Crippen molar-refractivity contribution >= 4 is 44.6 Å². The van der Waals surface area contributed by atoms with Gasteiger partial charge in [0.05, 0.1) is 11.0 Å². The summed E-state index contributed by atoms with van der Waals surface area (Å²) in [6, 6.07) is 15.5. The molecule has 0 aliphatic heterocycles. The number of para-hydroxylation sites is 2. The zero-order valence-corrected chi connectivity index (χ0v) is 17.7. The van der Waals surface area contributed by atoms with Crippen LogP contribution in [0.15, 0.2) is 62.9 Å². The molecule has 0 radical (unpaired) electrons. The lowest BCUT2D eigenvalue weighted by Crippen LogP contribution is -2.28. The van der Waals surface area contributed by atoms with E-state index in [0.29, 0.717) is 17.3 Å². The number of amides is 1. The van der Waals surface area contributed by atoms with Crippen LogP contribution in [0.1, 0.15) is 16.9 Å². The number of carbonyl (C=O) groups is 1. The first-order valence-electron chi connectivity index (χ1n) is 8.66. The summed E-state index contributed by atoms with van der Waals surface area (Å²) in [5.74, 6) is -0.190. The highest BCUT2D eigenvalue weighted by molar-refractivity contribution is 9.10.